The summed E-state index contributed by atoms with van der Waals surface area (Å²) in [5.41, 5.74) is 12.9. The zero-order valence-corrected chi connectivity index (χ0v) is 33.5. The second-order valence-electron chi connectivity index (χ2n) is 16.7. The van der Waals surface area contributed by atoms with Gasteiger partial charge in [0.2, 0.25) is 5.95 Å². The summed E-state index contributed by atoms with van der Waals surface area (Å²) in [4.78, 5) is 16.1. The van der Waals surface area contributed by atoms with E-state index < -0.39 is 0 Å². The van der Waals surface area contributed by atoms with E-state index in [9.17, 15) is 0 Å². The van der Waals surface area contributed by atoms with Gasteiger partial charge in [0.25, 0.3) is 0 Å². The molecular weight excluding hydrogens is 745 g/mol. The molecule has 1 aliphatic carbocycles. The Bertz CT molecular complexity index is 3800. The minimum atomic E-state index is -0.149. The van der Waals surface area contributed by atoms with Gasteiger partial charge in [-0.25, -0.2) is 4.98 Å². The first-order valence-corrected chi connectivity index (χ1v) is 20.9. The Labute approximate surface area is 351 Å². The van der Waals surface area contributed by atoms with Crippen molar-refractivity contribution in [1.29, 1.82) is 0 Å². The number of nitrogens with zero attached hydrogens (tertiary/aromatic N) is 4. The molecule has 0 bridgehead atoms. The predicted molar refractivity (Wildman–Crippen MR) is 250 cm³/mol. The fraction of sp³-hybridized carbons (Fsp3) is 0.0536. The summed E-state index contributed by atoms with van der Waals surface area (Å²) in [5, 5.41) is 9.18. The lowest BCUT2D eigenvalue weighted by Crippen LogP contribution is -2.14. The second kappa shape index (κ2) is 12.6. The Hall–Kier alpha value is -7.89. The van der Waals surface area contributed by atoms with Crippen LogP contribution in [0.25, 0.3) is 116 Å². The van der Waals surface area contributed by atoms with Crippen LogP contribution in [0.3, 0.4) is 0 Å². The van der Waals surface area contributed by atoms with Gasteiger partial charge in [-0.1, -0.05) is 178 Å². The number of furan rings is 1. The molecule has 13 rings (SSSR count). The van der Waals surface area contributed by atoms with E-state index in [0.29, 0.717) is 17.6 Å². The van der Waals surface area contributed by atoms with Gasteiger partial charge in [-0.05, 0) is 62.2 Å². The van der Waals surface area contributed by atoms with Gasteiger partial charge in [0, 0.05) is 49.0 Å². The van der Waals surface area contributed by atoms with Crippen LogP contribution in [0.4, 0.5) is 0 Å². The molecule has 0 saturated heterocycles. The van der Waals surface area contributed by atoms with Crippen molar-refractivity contribution in [2.24, 2.45) is 0 Å². The van der Waals surface area contributed by atoms with Gasteiger partial charge < -0.3 is 4.42 Å². The number of aromatic nitrogens is 4. The van der Waals surface area contributed by atoms with Crippen molar-refractivity contribution < 1.29 is 4.42 Å². The molecule has 0 saturated carbocycles. The molecule has 0 N–H and O–H groups in total. The standard InChI is InChI=1S/C56H36N4O/c1-56(2)45-27-12-10-23-43(45)49-40(24-15-28-46(49)56)42-25-14-26-44-50-39-21-8-6-18-35(39)36-19-7-9-22-41(36)52(50)60(51(42)44)55-58-53(33-16-4-3-5-17-33)57-54(59-55)34-30-31-38-37-20-11-13-29-47(37)61-48(38)32-34/h3-32H,1-2H3. The maximum Gasteiger partial charge on any atom is 0.238 e. The van der Waals surface area contributed by atoms with E-state index in [-0.39, 0.29) is 5.41 Å². The average Bonchev–Trinajstić information content (AvgIpc) is 3.95. The average molecular weight is 781 g/mol. The van der Waals surface area contributed by atoms with E-state index in [4.69, 9.17) is 19.4 Å². The van der Waals surface area contributed by atoms with E-state index in [2.05, 4.69) is 164 Å². The van der Waals surface area contributed by atoms with E-state index in [1.165, 1.54) is 49.4 Å². The van der Waals surface area contributed by atoms with Crippen LogP contribution in [-0.2, 0) is 5.41 Å². The fourth-order valence-electron chi connectivity index (χ4n) is 10.3. The van der Waals surface area contributed by atoms with Crippen LogP contribution in [0.2, 0.25) is 0 Å². The third-order valence-electron chi connectivity index (χ3n) is 13.0. The van der Waals surface area contributed by atoms with Crippen molar-refractivity contribution >= 4 is 65.3 Å². The molecule has 0 aliphatic heterocycles. The summed E-state index contributed by atoms with van der Waals surface area (Å²) >= 11 is 0. The molecule has 286 valence electrons. The third kappa shape index (κ3) is 4.80. The maximum atomic E-state index is 6.40. The normalized spacial score (nSPS) is 13.2. The second-order valence-corrected chi connectivity index (χ2v) is 16.7. The summed E-state index contributed by atoms with van der Waals surface area (Å²) in [7, 11) is 0. The Morgan fingerprint density at radius 2 is 1.00 bits per heavy atom. The van der Waals surface area contributed by atoms with Gasteiger partial charge in [0.1, 0.15) is 11.2 Å². The molecule has 12 aromatic rings. The summed E-state index contributed by atoms with van der Waals surface area (Å²) < 4.78 is 8.73. The van der Waals surface area contributed by atoms with Gasteiger partial charge in [-0.3, -0.25) is 4.57 Å². The lowest BCUT2D eigenvalue weighted by Gasteiger charge is -2.21. The molecular formula is C56H36N4O. The van der Waals surface area contributed by atoms with Crippen LogP contribution in [0.5, 0.6) is 0 Å². The van der Waals surface area contributed by atoms with E-state index in [1.807, 2.05) is 36.4 Å². The highest BCUT2D eigenvalue weighted by atomic mass is 16.3. The molecule has 0 spiro atoms. The number of para-hydroxylation sites is 2. The molecule has 5 nitrogen and oxygen atoms in total. The molecule has 3 heterocycles. The topological polar surface area (TPSA) is 56.7 Å². The van der Waals surface area contributed by atoms with Gasteiger partial charge in [-0.2, -0.15) is 9.97 Å². The van der Waals surface area contributed by atoms with Gasteiger partial charge in [0.05, 0.1) is 11.0 Å². The third-order valence-corrected chi connectivity index (χ3v) is 13.0. The fourth-order valence-corrected chi connectivity index (χ4v) is 10.3. The molecule has 0 amide bonds. The highest BCUT2D eigenvalue weighted by molar-refractivity contribution is 6.33. The number of rotatable bonds is 4. The van der Waals surface area contributed by atoms with Crippen molar-refractivity contribution in [3.63, 3.8) is 0 Å². The molecule has 0 atom stereocenters. The number of hydrogen-bond acceptors (Lipinski definition) is 4. The van der Waals surface area contributed by atoms with Crippen molar-refractivity contribution in [2.45, 2.75) is 19.3 Å². The Balaban J connectivity index is 1.19. The van der Waals surface area contributed by atoms with Crippen LogP contribution in [-0.4, -0.2) is 19.5 Å². The molecule has 3 aromatic heterocycles. The minimum absolute atomic E-state index is 0.149. The van der Waals surface area contributed by atoms with Gasteiger partial charge in [-0.15, -0.1) is 0 Å². The zero-order valence-electron chi connectivity index (χ0n) is 33.5. The molecule has 5 heteroatoms. The minimum Gasteiger partial charge on any atom is -0.456 e. The smallest absolute Gasteiger partial charge is 0.238 e. The molecule has 61 heavy (non-hydrogen) atoms. The summed E-state index contributed by atoms with van der Waals surface area (Å²) in [5.74, 6) is 1.72. The van der Waals surface area contributed by atoms with Crippen molar-refractivity contribution in [3.05, 3.63) is 193 Å². The molecule has 9 aromatic carbocycles. The molecule has 0 radical (unpaired) electrons. The van der Waals surface area contributed by atoms with E-state index in [1.54, 1.807) is 0 Å². The highest BCUT2D eigenvalue weighted by Gasteiger charge is 2.37. The van der Waals surface area contributed by atoms with Gasteiger partial charge in [0.15, 0.2) is 11.6 Å². The molecule has 1 aliphatic rings. The van der Waals surface area contributed by atoms with E-state index >= 15 is 0 Å². The zero-order chi connectivity index (χ0) is 40.4. The molecule has 0 fully saturated rings. The lowest BCUT2D eigenvalue weighted by molar-refractivity contribution is 0.660. The van der Waals surface area contributed by atoms with Crippen molar-refractivity contribution in [2.75, 3.05) is 0 Å². The summed E-state index contributed by atoms with van der Waals surface area (Å²) in [6, 6.07) is 64.7. The largest absolute Gasteiger partial charge is 0.456 e. The Kier molecular flexibility index (Phi) is 7.00. The van der Waals surface area contributed by atoms with Crippen LogP contribution >= 0.6 is 0 Å². The monoisotopic (exact) mass is 780 g/mol. The van der Waals surface area contributed by atoms with E-state index in [0.717, 1.165) is 60.4 Å². The first-order valence-electron chi connectivity index (χ1n) is 20.9. The summed E-state index contributed by atoms with van der Waals surface area (Å²) in [6.07, 6.45) is 0. The van der Waals surface area contributed by atoms with Gasteiger partial charge >= 0.3 is 0 Å². The first-order chi connectivity index (χ1) is 30.0. The summed E-state index contributed by atoms with van der Waals surface area (Å²) in [6.45, 7) is 4.69. The Morgan fingerprint density at radius 1 is 0.410 bits per heavy atom. The number of hydrogen-bond donors (Lipinski definition) is 0. The van der Waals surface area contributed by atoms with Crippen LogP contribution in [0, 0.1) is 0 Å². The number of benzene rings is 9. The Morgan fingerprint density at radius 3 is 1.84 bits per heavy atom. The SMILES string of the molecule is CC1(C)c2ccccc2-c2c(-c3cccc4c5c6ccccc6c6ccccc6c5n(-c5nc(-c6ccccc6)nc(-c6ccc7c(c6)oc6ccccc67)n5)c34)cccc21. The predicted octanol–water partition coefficient (Wildman–Crippen LogP) is 14.5. The molecule has 0 unspecified atom stereocenters. The number of fused-ring (bicyclic) bond motifs is 14. The van der Waals surface area contributed by atoms with Crippen LogP contribution in [0.1, 0.15) is 25.0 Å². The quantitative estimate of drug-likeness (QED) is 0.167. The lowest BCUT2D eigenvalue weighted by atomic mass is 9.82. The van der Waals surface area contributed by atoms with Crippen molar-refractivity contribution in [1.82, 2.24) is 19.5 Å². The van der Waals surface area contributed by atoms with Crippen molar-refractivity contribution in [3.8, 4) is 51.0 Å². The highest BCUT2D eigenvalue weighted by Crippen LogP contribution is 2.53. The van der Waals surface area contributed by atoms with Crippen LogP contribution < -0.4 is 0 Å². The van der Waals surface area contributed by atoms with Crippen LogP contribution in [0.15, 0.2) is 186 Å². The first kappa shape index (κ1) is 34.0. The maximum absolute atomic E-state index is 6.40.